The first-order valence-corrected chi connectivity index (χ1v) is 8.95. The fraction of sp³-hybridized carbons (Fsp3) is 0.632. The molecule has 2 aliphatic carbocycles. The first-order valence-electron chi connectivity index (χ1n) is 8.57. The zero-order valence-electron chi connectivity index (χ0n) is 14.5. The van der Waals surface area contributed by atoms with Crippen LogP contribution in [0.2, 0.25) is 5.15 Å². The van der Waals surface area contributed by atoms with E-state index >= 15 is 0 Å². The summed E-state index contributed by atoms with van der Waals surface area (Å²) in [6, 6.07) is 2.29. The molecule has 0 saturated carbocycles. The molecular formula is C19H30ClN. The highest BCUT2D eigenvalue weighted by atomic mass is 35.5. The van der Waals surface area contributed by atoms with E-state index in [-0.39, 0.29) is 0 Å². The van der Waals surface area contributed by atoms with Crippen LogP contribution in [0.25, 0.3) is 5.57 Å². The van der Waals surface area contributed by atoms with Gasteiger partial charge >= 0.3 is 0 Å². The van der Waals surface area contributed by atoms with Crippen LogP contribution in [-0.4, -0.2) is 4.98 Å². The normalized spacial score (nSPS) is 15.6. The lowest BCUT2D eigenvalue weighted by atomic mass is 9.93. The summed E-state index contributed by atoms with van der Waals surface area (Å²) in [6.45, 7) is 12.4. The Morgan fingerprint density at radius 1 is 1.05 bits per heavy atom. The molecule has 0 bridgehead atoms. The Morgan fingerprint density at radius 2 is 1.67 bits per heavy atom. The summed E-state index contributed by atoms with van der Waals surface area (Å²) in [4.78, 5) is 4.67. The van der Waals surface area contributed by atoms with Crippen molar-refractivity contribution in [1.29, 1.82) is 0 Å². The summed E-state index contributed by atoms with van der Waals surface area (Å²) < 4.78 is 0. The van der Waals surface area contributed by atoms with E-state index in [9.17, 15) is 0 Å². The highest BCUT2D eigenvalue weighted by Gasteiger charge is 2.26. The monoisotopic (exact) mass is 307 g/mol. The van der Waals surface area contributed by atoms with Gasteiger partial charge in [-0.1, -0.05) is 58.7 Å². The number of hydrogen-bond donors (Lipinski definition) is 0. The van der Waals surface area contributed by atoms with Gasteiger partial charge < -0.3 is 0 Å². The van der Waals surface area contributed by atoms with Crippen molar-refractivity contribution in [2.45, 2.75) is 79.6 Å². The molecule has 0 radical (unpaired) electrons. The van der Waals surface area contributed by atoms with Gasteiger partial charge in [-0.3, -0.25) is 0 Å². The highest BCUT2D eigenvalue weighted by Crippen LogP contribution is 2.42. The van der Waals surface area contributed by atoms with Gasteiger partial charge in [0.05, 0.1) is 5.69 Å². The average molecular weight is 308 g/mol. The van der Waals surface area contributed by atoms with Gasteiger partial charge in [-0.05, 0) is 60.8 Å². The van der Waals surface area contributed by atoms with Gasteiger partial charge in [0.1, 0.15) is 5.15 Å². The maximum atomic E-state index is 6.30. The van der Waals surface area contributed by atoms with E-state index in [1.54, 1.807) is 5.57 Å². The molecule has 0 N–H and O–H groups in total. The van der Waals surface area contributed by atoms with Crippen molar-refractivity contribution in [2.24, 2.45) is 0 Å². The first kappa shape index (κ1) is 18.2. The molecule has 0 aliphatic heterocycles. The maximum Gasteiger partial charge on any atom is 0.133 e. The molecule has 1 nitrogen and oxygen atoms in total. The molecule has 1 aromatic heterocycles. The van der Waals surface area contributed by atoms with Crippen molar-refractivity contribution >= 4 is 17.2 Å². The Hall–Kier alpha value is -0.820. The second kappa shape index (κ2) is 8.58. The van der Waals surface area contributed by atoms with Crippen LogP contribution in [0.1, 0.15) is 90.0 Å². The molecule has 21 heavy (non-hydrogen) atoms. The Kier molecular flexibility index (Phi) is 7.45. The van der Waals surface area contributed by atoms with Crippen LogP contribution in [-0.2, 0) is 6.42 Å². The molecule has 0 amide bonds. The lowest BCUT2D eigenvalue weighted by molar-refractivity contribution is 0.710. The van der Waals surface area contributed by atoms with E-state index < -0.39 is 0 Å². The van der Waals surface area contributed by atoms with E-state index in [1.165, 1.54) is 48.1 Å². The Labute approximate surface area is 135 Å². The largest absolute Gasteiger partial charge is 0.236 e. The predicted molar refractivity (Wildman–Crippen MR) is 95.1 cm³/mol. The van der Waals surface area contributed by atoms with Crippen molar-refractivity contribution in [3.63, 3.8) is 0 Å². The third-order valence-corrected chi connectivity index (χ3v) is 4.28. The zero-order valence-corrected chi connectivity index (χ0v) is 15.3. The second-order valence-electron chi connectivity index (χ2n) is 5.50. The number of hydrogen-bond acceptors (Lipinski definition) is 1. The third-order valence-electron chi connectivity index (χ3n) is 3.98. The number of fused-ring (bicyclic) bond motifs is 2. The molecule has 118 valence electrons. The molecule has 2 heteroatoms. The number of aromatic nitrogens is 1. The van der Waals surface area contributed by atoms with Crippen LogP contribution >= 0.6 is 11.6 Å². The number of allylic oxidation sites excluding steroid dienone is 2. The summed E-state index contributed by atoms with van der Waals surface area (Å²) in [5.74, 6) is 0.456. The van der Waals surface area contributed by atoms with Gasteiger partial charge in [0, 0.05) is 0 Å². The zero-order chi connectivity index (χ0) is 16.0. The molecule has 0 aromatic carbocycles. The minimum Gasteiger partial charge on any atom is -0.236 e. The lowest BCUT2D eigenvalue weighted by Gasteiger charge is -2.14. The number of halogens is 1. The van der Waals surface area contributed by atoms with Crippen molar-refractivity contribution in [3.8, 4) is 0 Å². The smallest absolute Gasteiger partial charge is 0.133 e. The Balaban J connectivity index is 0.000000510. The van der Waals surface area contributed by atoms with E-state index in [2.05, 4.69) is 24.9 Å². The van der Waals surface area contributed by atoms with Crippen molar-refractivity contribution in [3.05, 3.63) is 33.6 Å². The van der Waals surface area contributed by atoms with Crippen LogP contribution in [0, 0.1) is 0 Å². The molecule has 2 aliphatic rings. The number of rotatable bonds is 1. The lowest BCUT2D eigenvalue weighted by Crippen LogP contribution is -1.98. The van der Waals surface area contributed by atoms with Gasteiger partial charge in [0.15, 0.2) is 0 Å². The summed E-state index contributed by atoms with van der Waals surface area (Å²) in [7, 11) is 0. The standard InChI is InChI=1S/C15H18ClN.2C2H6/c1-9(2)13-8-11-7-10-5-3-4-6-12(10)14(11)17-15(13)16;2*1-2/h8-9H,3-7H2,1-2H3;2*1-2H3. The molecule has 0 spiro atoms. The summed E-state index contributed by atoms with van der Waals surface area (Å²) in [6.07, 6.45) is 6.24. The van der Waals surface area contributed by atoms with Crippen LogP contribution in [0.15, 0.2) is 11.6 Å². The summed E-state index contributed by atoms with van der Waals surface area (Å²) in [5.41, 5.74) is 6.93. The minimum absolute atomic E-state index is 0.456. The van der Waals surface area contributed by atoms with E-state index in [1.807, 2.05) is 27.7 Å². The Bertz CT molecular complexity index is 501. The minimum atomic E-state index is 0.456. The average Bonchev–Trinajstić information content (AvgIpc) is 2.88. The SMILES string of the molecule is CC.CC.CC(C)c1cc2c(nc1Cl)C1=C(CCCC1)C2. The molecule has 0 atom stereocenters. The van der Waals surface area contributed by atoms with E-state index in [4.69, 9.17) is 11.6 Å². The summed E-state index contributed by atoms with van der Waals surface area (Å²) >= 11 is 6.30. The quantitative estimate of drug-likeness (QED) is 0.520. The van der Waals surface area contributed by atoms with Crippen LogP contribution < -0.4 is 0 Å². The van der Waals surface area contributed by atoms with Gasteiger partial charge in [-0.25, -0.2) is 4.98 Å². The van der Waals surface area contributed by atoms with Gasteiger partial charge in [-0.2, -0.15) is 0 Å². The molecule has 0 unspecified atom stereocenters. The van der Waals surface area contributed by atoms with Crippen LogP contribution in [0.5, 0.6) is 0 Å². The maximum absolute atomic E-state index is 6.30. The number of pyridine rings is 1. The Morgan fingerprint density at radius 3 is 2.29 bits per heavy atom. The van der Waals surface area contributed by atoms with Crippen molar-refractivity contribution < 1.29 is 0 Å². The molecule has 0 saturated heterocycles. The second-order valence-corrected chi connectivity index (χ2v) is 5.85. The van der Waals surface area contributed by atoms with Gasteiger partial charge in [0.25, 0.3) is 0 Å². The van der Waals surface area contributed by atoms with E-state index in [0.29, 0.717) is 11.1 Å². The van der Waals surface area contributed by atoms with Crippen molar-refractivity contribution in [2.75, 3.05) is 0 Å². The topological polar surface area (TPSA) is 12.9 Å². The molecular weight excluding hydrogens is 278 g/mol. The molecule has 3 rings (SSSR count). The van der Waals surface area contributed by atoms with Crippen LogP contribution in [0.3, 0.4) is 0 Å². The fourth-order valence-corrected chi connectivity index (χ4v) is 3.39. The highest BCUT2D eigenvalue weighted by molar-refractivity contribution is 6.30. The van der Waals surface area contributed by atoms with Gasteiger partial charge in [0.2, 0.25) is 0 Å². The fourth-order valence-electron chi connectivity index (χ4n) is 3.03. The molecule has 1 aromatic rings. The molecule has 0 fully saturated rings. The predicted octanol–water partition coefficient (Wildman–Crippen LogP) is 6.79. The third kappa shape index (κ3) is 3.88. The van der Waals surface area contributed by atoms with Gasteiger partial charge in [-0.15, -0.1) is 0 Å². The van der Waals surface area contributed by atoms with E-state index in [0.717, 1.165) is 6.42 Å². The number of nitrogens with zero attached hydrogens (tertiary/aromatic N) is 1. The van der Waals surface area contributed by atoms with Crippen molar-refractivity contribution in [1.82, 2.24) is 4.98 Å². The van der Waals surface area contributed by atoms with Crippen LogP contribution in [0.4, 0.5) is 0 Å². The molecule has 1 heterocycles. The summed E-state index contributed by atoms with van der Waals surface area (Å²) in [5, 5.41) is 0.707. The first-order chi connectivity index (χ1) is 10.2.